The molecular weight excluding hydrogens is 220 g/mol. The zero-order chi connectivity index (χ0) is 13.5. The van der Waals surface area contributed by atoms with E-state index in [0.29, 0.717) is 5.92 Å². The Kier molecular flexibility index (Phi) is 6.37. The SMILES string of the molecule is CC[NH+](CC[NH+](C)C)Cc1ccc(C(C)C)cc1. The molecule has 0 spiro atoms. The van der Waals surface area contributed by atoms with Crippen LogP contribution in [-0.4, -0.2) is 33.7 Å². The molecule has 0 amide bonds. The summed E-state index contributed by atoms with van der Waals surface area (Å²) in [5.41, 5.74) is 2.90. The standard InChI is InChI=1S/C16H28N2/c1-6-18(12-11-17(4)5)13-15-7-9-16(10-8-15)14(2)3/h7-10,14H,6,11-13H2,1-5H3/p+2. The third-order valence-corrected chi connectivity index (χ3v) is 3.58. The van der Waals surface area contributed by atoms with E-state index in [1.54, 1.807) is 4.90 Å². The normalized spacial score (nSPS) is 13.3. The highest BCUT2D eigenvalue weighted by Crippen LogP contribution is 2.14. The molecule has 0 aliphatic carbocycles. The van der Waals surface area contributed by atoms with Crippen LogP contribution in [0.15, 0.2) is 24.3 Å². The van der Waals surface area contributed by atoms with Crippen molar-refractivity contribution in [2.75, 3.05) is 33.7 Å². The summed E-state index contributed by atoms with van der Waals surface area (Å²) in [6.45, 7) is 11.6. The fourth-order valence-electron chi connectivity index (χ4n) is 2.13. The van der Waals surface area contributed by atoms with Gasteiger partial charge in [0, 0.05) is 5.56 Å². The Balaban J connectivity index is 2.53. The maximum absolute atomic E-state index is 2.30. The zero-order valence-electron chi connectivity index (χ0n) is 12.7. The molecule has 0 radical (unpaired) electrons. The van der Waals surface area contributed by atoms with E-state index in [-0.39, 0.29) is 0 Å². The van der Waals surface area contributed by atoms with E-state index in [1.807, 2.05) is 0 Å². The maximum Gasteiger partial charge on any atom is 0.127 e. The summed E-state index contributed by atoms with van der Waals surface area (Å²) < 4.78 is 0. The number of hydrogen-bond acceptors (Lipinski definition) is 0. The molecule has 0 bridgehead atoms. The van der Waals surface area contributed by atoms with Crippen LogP contribution in [0.4, 0.5) is 0 Å². The number of likely N-dealkylation sites (N-methyl/N-ethyl adjacent to an activating group) is 2. The van der Waals surface area contributed by atoms with Crippen LogP contribution >= 0.6 is 0 Å². The lowest BCUT2D eigenvalue weighted by Gasteiger charge is -2.19. The van der Waals surface area contributed by atoms with Crippen LogP contribution in [0.5, 0.6) is 0 Å². The summed E-state index contributed by atoms with van der Waals surface area (Å²) in [7, 11) is 4.45. The summed E-state index contributed by atoms with van der Waals surface area (Å²) in [5.74, 6) is 0.631. The molecule has 2 heteroatoms. The third kappa shape index (κ3) is 5.19. The van der Waals surface area contributed by atoms with Gasteiger partial charge in [0.15, 0.2) is 0 Å². The van der Waals surface area contributed by atoms with Crippen LogP contribution in [-0.2, 0) is 6.54 Å². The van der Waals surface area contributed by atoms with E-state index < -0.39 is 0 Å². The fourth-order valence-corrected chi connectivity index (χ4v) is 2.13. The van der Waals surface area contributed by atoms with Crippen molar-refractivity contribution < 1.29 is 9.80 Å². The van der Waals surface area contributed by atoms with Crippen molar-refractivity contribution in [2.24, 2.45) is 0 Å². The lowest BCUT2D eigenvalue weighted by molar-refractivity contribution is -0.949. The van der Waals surface area contributed by atoms with E-state index in [1.165, 1.54) is 35.7 Å². The van der Waals surface area contributed by atoms with Crippen LogP contribution in [0.25, 0.3) is 0 Å². The second kappa shape index (κ2) is 7.55. The molecule has 0 fully saturated rings. The Bertz CT molecular complexity index is 327. The van der Waals surface area contributed by atoms with Gasteiger partial charge in [0.25, 0.3) is 0 Å². The predicted octanol–water partition coefficient (Wildman–Crippen LogP) is 0.359. The van der Waals surface area contributed by atoms with Crippen molar-refractivity contribution in [3.63, 3.8) is 0 Å². The van der Waals surface area contributed by atoms with Crippen LogP contribution in [0.1, 0.15) is 37.8 Å². The van der Waals surface area contributed by atoms with E-state index in [4.69, 9.17) is 0 Å². The maximum atomic E-state index is 2.30. The molecule has 1 aromatic rings. The summed E-state index contributed by atoms with van der Waals surface area (Å²) in [6.07, 6.45) is 0. The van der Waals surface area contributed by atoms with Gasteiger partial charge < -0.3 is 9.80 Å². The number of rotatable bonds is 7. The first-order chi connectivity index (χ1) is 8.52. The Hall–Kier alpha value is -0.860. The van der Waals surface area contributed by atoms with Gasteiger partial charge in [0.05, 0.1) is 20.6 Å². The van der Waals surface area contributed by atoms with Gasteiger partial charge in [-0.1, -0.05) is 38.1 Å². The first-order valence-corrected chi connectivity index (χ1v) is 7.24. The van der Waals surface area contributed by atoms with Gasteiger partial charge >= 0.3 is 0 Å². The highest BCUT2D eigenvalue weighted by atomic mass is 15.2. The molecule has 2 nitrogen and oxygen atoms in total. The minimum Gasteiger partial charge on any atom is -0.335 e. The molecule has 1 atom stereocenters. The Morgan fingerprint density at radius 2 is 1.61 bits per heavy atom. The van der Waals surface area contributed by atoms with Crippen molar-refractivity contribution in [1.29, 1.82) is 0 Å². The lowest BCUT2D eigenvalue weighted by atomic mass is 10.0. The first kappa shape index (κ1) is 15.2. The number of quaternary nitrogens is 2. The highest BCUT2D eigenvalue weighted by molar-refractivity contribution is 5.24. The Morgan fingerprint density at radius 3 is 2.06 bits per heavy atom. The topological polar surface area (TPSA) is 8.88 Å². The van der Waals surface area contributed by atoms with Crippen molar-refractivity contribution in [3.05, 3.63) is 35.4 Å². The van der Waals surface area contributed by atoms with Crippen molar-refractivity contribution in [3.8, 4) is 0 Å². The van der Waals surface area contributed by atoms with Gasteiger partial charge in [0.2, 0.25) is 0 Å². The summed E-state index contributed by atoms with van der Waals surface area (Å²) in [5, 5.41) is 0. The molecule has 0 aliphatic heterocycles. The second-order valence-corrected chi connectivity index (χ2v) is 5.88. The molecule has 2 N–H and O–H groups in total. The average molecular weight is 250 g/mol. The zero-order valence-corrected chi connectivity index (χ0v) is 12.7. The molecule has 0 saturated heterocycles. The summed E-state index contributed by atoms with van der Waals surface area (Å²) >= 11 is 0. The van der Waals surface area contributed by atoms with Crippen LogP contribution in [0.3, 0.4) is 0 Å². The highest BCUT2D eigenvalue weighted by Gasteiger charge is 2.09. The minimum atomic E-state index is 0.631. The van der Waals surface area contributed by atoms with Crippen LogP contribution < -0.4 is 9.80 Å². The van der Waals surface area contributed by atoms with E-state index in [9.17, 15) is 0 Å². The average Bonchev–Trinajstić information content (AvgIpc) is 2.34. The van der Waals surface area contributed by atoms with E-state index in [2.05, 4.69) is 59.1 Å². The van der Waals surface area contributed by atoms with Gasteiger partial charge in [0.1, 0.15) is 19.6 Å². The molecule has 0 aromatic heterocycles. The van der Waals surface area contributed by atoms with Gasteiger partial charge in [-0.15, -0.1) is 0 Å². The van der Waals surface area contributed by atoms with Crippen molar-refractivity contribution in [1.82, 2.24) is 0 Å². The Labute approximate surface area is 113 Å². The minimum absolute atomic E-state index is 0.631. The summed E-state index contributed by atoms with van der Waals surface area (Å²) in [4.78, 5) is 3.21. The van der Waals surface area contributed by atoms with Crippen LogP contribution in [0.2, 0.25) is 0 Å². The largest absolute Gasteiger partial charge is 0.335 e. The quantitative estimate of drug-likeness (QED) is 0.691. The molecule has 1 aromatic carbocycles. The molecular formula is C16H30N2+2. The van der Waals surface area contributed by atoms with Crippen molar-refractivity contribution >= 4 is 0 Å². The fraction of sp³-hybridized carbons (Fsp3) is 0.625. The van der Waals surface area contributed by atoms with Crippen molar-refractivity contribution in [2.45, 2.75) is 33.2 Å². The van der Waals surface area contributed by atoms with E-state index in [0.717, 1.165) is 6.54 Å². The molecule has 0 aliphatic rings. The van der Waals surface area contributed by atoms with Gasteiger partial charge in [-0.3, -0.25) is 0 Å². The molecule has 0 saturated carbocycles. The molecule has 0 heterocycles. The van der Waals surface area contributed by atoms with Crippen LogP contribution in [0, 0.1) is 0 Å². The third-order valence-electron chi connectivity index (χ3n) is 3.58. The second-order valence-electron chi connectivity index (χ2n) is 5.88. The number of hydrogen-bond donors (Lipinski definition) is 2. The summed E-state index contributed by atoms with van der Waals surface area (Å²) in [6, 6.07) is 9.16. The smallest absolute Gasteiger partial charge is 0.127 e. The molecule has 102 valence electrons. The van der Waals surface area contributed by atoms with Gasteiger partial charge in [-0.05, 0) is 18.4 Å². The number of benzene rings is 1. The molecule has 18 heavy (non-hydrogen) atoms. The first-order valence-electron chi connectivity index (χ1n) is 7.24. The monoisotopic (exact) mass is 250 g/mol. The number of nitrogens with one attached hydrogen (secondary N) is 2. The predicted molar refractivity (Wildman–Crippen MR) is 78.3 cm³/mol. The van der Waals surface area contributed by atoms with Gasteiger partial charge in [-0.2, -0.15) is 0 Å². The molecule has 1 rings (SSSR count). The molecule has 1 unspecified atom stereocenters. The lowest BCUT2D eigenvalue weighted by Crippen LogP contribution is -3.17. The van der Waals surface area contributed by atoms with Gasteiger partial charge in [-0.25, -0.2) is 0 Å². The Morgan fingerprint density at radius 1 is 1.00 bits per heavy atom. The van der Waals surface area contributed by atoms with E-state index >= 15 is 0 Å².